The van der Waals surface area contributed by atoms with Crippen LogP contribution in [0, 0.1) is 0 Å². The van der Waals surface area contributed by atoms with E-state index in [9.17, 15) is 9.59 Å². The van der Waals surface area contributed by atoms with E-state index in [-0.39, 0.29) is 22.1 Å². The van der Waals surface area contributed by atoms with E-state index in [0.29, 0.717) is 36.0 Å². The highest BCUT2D eigenvalue weighted by atomic mass is 35.5. The summed E-state index contributed by atoms with van der Waals surface area (Å²) < 4.78 is 26.2. The normalized spacial score (nSPS) is 12.3. The number of carbonyl (C=O) groups is 2. The van der Waals surface area contributed by atoms with Crippen molar-refractivity contribution in [3.63, 3.8) is 0 Å². The lowest BCUT2D eigenvalue weighted by Gasteiger charge is -2.18. The zero-order chi connectivity index (χ0) is 19.4. The van der Waals surface area contributed by atoms with Gasteiger partial charge in [-0.25, -0.2) is 4.79 Å². The Kier molecular flexibility index (Phi) is 5.71. The average molecular weight is 393 g/mol. The molecule has 7 nitrogen and oxygen atoms in total. The van der Waals surface area contributed by atoms with Crippen molar-refractivity contribution in [1.82, 2.24) is 0 Å². The number of halogens is 1. The Bertz CT molecular complexity index is 879. The Labute approximate surface area is 160 Å². The van der Waals surface area contributed by atoms with Gasteiger partial charge in [-0.05, 0) is 30.3 Å². The summed E-state index contributed by atoms with van der Waals surface area (Å²) in [5.74, 6) is 0.591. The highest BCUT2D eigenvalue weighted by molar-refractivity contribution is 6.32. The fourth-order valence-electron chi connectivity index (χ4n) is 2.55. The highest BCUT2D eigenvalue weighted by Gasteiger charge is 2.19. The van der Waals surface area contributed by atoms with Crippen LogP contribution in [0.5, 0.6) is 23.0 Å². The van der Waals surface area contributed by atoms with E-state index in [1.54, 1.807) is 18.2 Å². The lowest BCUT2D eigenvalue weighted by atomic mass is 10.1. The monoisotopic (exact) mass is 392 g/mol. The van der Waals surface area contributed by atoms with Gasteiger partial charge < -0.3 is 23.7 Å². The second-order valence-electron chi connectivity index (χ2n) is 5.55. The molecule has 0 aliphatic carbocycles. The van der Waals surface area contributed by atoms with Crippen LogP contribution in [0.15, 0.2) is 30.3 Å². The lowest BCUT2D eigenvalue weighted by Crippen LogP contribution is -2.17. The molecule has 2 aromatic carbocycles. The zero-order valence-electron chi connectivity index (χ0n) is 14.7. The van der Waals surface area contributed by atoms with Crippen molar-refractivity contribution < 1.29 is 33.3 Å². The van der Waals surface area contributed by atoms with Crippen molar-refractivity contribution in [2.45, 2.75) is 0 Å². The molecule has 0 atom stereocenters. The molecule has 1 heterocycles. The SMILES string of the molecule is COc1cc(C(=O)OCC(=O)c2ccc3c(c2)OCCO3)cc(Cl)c1OC. The molecule has 0 amide bonds. The topological polar surface area (TPSA) is 80.3 Å². The van der Waals surface area contributed by atoms with E-state index in [4.69, 9.17) is 35.3 Å². The standard InChI is InChI=1S/C19H17ClO7/c1-23-17-9-12(7-13(20)18(17)24-2)19(22)27-10-14(21)11-3-4-15-16(8-11)26-6-5-25-15/h3-4,7-9H,5-6,10H2,1-2H3. The molecule has 0 aromatic heterocycles. The number of carbonyl (C=O) groups excluding carboxylic acids is 2. The summed E-state index contributed by atoms with van der Waals surface area (Å²) in [6.07, 6.45) is 0. The number of methoxy groups -OCH3 is 2. The summed E-state index contributed by atoms with van der Waals surface area (Å²) in [6.45, 7) is 0.454. The Morgan fingerprint density at radius 3 is 2.44 bits per heavy atom. The summed E-state index contributed by atoms with van der Waals surface area (Å²) in [5, 5.41) is 0.196. The van der Waals surface area contributed by atoms with Crippen LogP contribution in [-0.4, -0.2) is 45.8 Å². The molecule has 8 heteroatoms. The number of Topliss-reactive ketones (excluding diaryl/α,β-unsaturated/α-hetero) is 1. The highest BCUT2D eigenvalue weighted by Crippen LogP contribution is 2.36. The Morgan fingerprint density at radius 2 is 1.74 bits per heavy atom. The van der Waals surface area contributed by atoms with Crippen molar-refractivity contribution in [2.24, 2.45) is 0 Å². The number of fused-ring (bicyclic) bond motifs is 1. The van der Waals surface area contributed by atoms with Gasteiger partial charge in [0.05, 0.1) is 24.8 Å². The van der Waals surface area contributed by atoms with E-state index >= 15 is 0 Å². The summed E-state index contributed by atoms with van der Waals surface area (Å²) in [5.41, 5.74) is 0.505. The predicted molar refractivity (Wildman–Crippen MR) is 96.6 cm³/mol. The number of hydrogen-bond acceptors (Lipinski definition) is 7. The molecular weight excluding hydrogens is 376 g/mol. The van der Waals surface area contributed by atoms with Crippen LogP contribution in [0.2, 0.25) is 5.02 Å². The van der Waals surface area contributed by atoms with E-state index in [1.807, 2.05) is 0 Å². The first-order valence-corrected chi connectivity index (χ1v) is 8.42. The molecule has 0 spiro atoms. The first-order chi connectivity index (χ1) is 13.0. The van der Waals surface area contributed by atoms with Crippen LogP contribution in [0.1, 0.15) is 20.7 Å². The molecule has 0 bridgehead atoms. The van der Waals surface area contributed by atoms with Crippen molar-refractivity contribution in [1.29, 1.82) is 0 Å². The number of esters is 1. The largest absolute Gasteiger partial charge is 0.493 e. The molecule has 0 N–H and O–H groups in total. The van der Waals surface area contributed by atoms with Gasteiger partial charge in [0.25, 0.3) is 0 Å². The van der Waals surface area contributed by atoms with Crippen molar-refractivity contribution in [2.75, 3.05) is 34.0 Å². The molecule has 1 aliphatic rings. The first-order valence-electron chi connectivity index (χ1n) is 8.05. The number of rotatable bonds is 6. The second kappa shape index (κ2) is 8.18. The van der Waals surface area contributed by atoms with Gasteiger partial charge in [0.1, 0.15) is 13.2 Å². The van der Waals surface area contributed by atoms with E-state index in [1.165, 1.54) is 26.4 Å². The van der Waals surface area contributed by atoms with Gasteiger partial charge in [-0.15, -0.1) is 0 Å². The number of hydrogen-bond donors (Lipinski definition) is 0. The van der Waals surface area contributed by atoms with Crippen molar-refractivity contribution in [3.05, 3.63) is 46.5 Å². The molecule has 0 saturated heterocycles. The maximum Gasteiger partial charge on any atom is 0.338 e. The van der Waals surface area contributed by atoms with Gasteiger partial charge in [0, 0.05) is 5.56 Å². The maximum atomic E-state index is 12.3. The van der Waals surface area contributed by atoms with Crippen LogP contribution in [0.4, 0.5) is 0 Å². The first kappa shape index (κ1) is 18.8. The summed E-state index contributed by atoms with van der Waals surface area (Å²) in [7, 11) is 2.86. The molecule has 2 aromatic rings. The number of ether oxygens (including phenoxy) is 5. The molecule has 0 saturated carbocycles. The van der Waals surface area contributed by atoms with E-state index < -0.39 is 12.6 Å². The summed E-state index contributed by atoms with van der Waals surface area (Å²) >= 11 is 6.08. The quantitative estimate of drug-likeness (QED) is 0.551. The van der Waals surface area contributed by atoms with Gasteiger partial charge >= 0.3 is 5.97 Å². The van der Waals surface area contributed by atoms with Gasteiger partial charge in [0.2, 0.25) is 0 Å². The number of ketones is 1. The second-order valence-corrected chi connectivity index (χ2v) is 5.96. The summed E-state index contributed by atoms with van der Waals surface area (Å²) in [6, 6.07) is 7.63. The van der Waals surface area contributed by atoms with Crippen molar-refractivity contribution >= 4 is 23.4 Å². The van der Waals surface area contributed by atoms with Crippen LogP contribution >= 0.6 is 11.6 Å². The third-order valence-electron chi connectivity index (χ3n) is 3.87. The van der Waals surface area contributed by atoms with Crippen LogP contribution in [0.3, 0.4) is 0 Å². The molecule has 3 rings (SSSR count). The predicted octanol–water partition coefficient (Wildman–Crippen LogP) is 3.17. The molecule has 1 aliphatic heterocycles. The third kappa shape index (κ3) is 4.09. The minimum Gasteiger partial charge on any atom is -0.493 e. The Morgan fingerprint density at radius 1 is 1.00 bits per heavy atom. The average Bonchev–Trinajstić information content (AvgIpc) is 2.70. The minimum absolute atomic E-state index is 0.146. The van der Waals surface area contributed by atoms with Gasteiger partial charge in [-0.2, -0.15) is 0 Å². The summed E-state index contributed by atoms with van der Waals surface area (Å²) in [4.78, 5) is 24.6. The third-order valence-corrected chi connectivity index (χ3v) is 4.15. The van der Waals surface area contributed by atoms with Gasteiger partial charge in [0.15, 0.2) is 35.4 Å². The molecule has 0 radical (unpaired) electrons. The minimum atomic E-state index is -0.705. The zero-order valence-corrected chi connectivity index (χ0v) is 15.5. The molecule has 0 unspecified atom stereocenters. The van der Waals surface area contributed by atoms with Crippen LogP contribution in [-0.2, 0) is 4.74 Å². The van der Waals surface area contributed by atoms with Crippen molar-refractivity contribution in [3.8, 4) is 23.0 Å². The molecular formula is C19H17ClO7. The van der Waals surface area contributed by atoms with Gasteiger partial charge in [-0.3, -0.25) is 4.79 Å². The Balaban J connectivity index is 1.68. The fraction of sp³-hybridized carbons (Fsp3) is 0.263. The number of benzene rings is 2. The van der Waals surface area contributed by atoms with Crippen LogP contribution in [0.25, 0.3) is 0 Å². The molecule has 27 heavy (non-hydrogen) atoms. The fourth-order valence-corrected chi connectivity index (χ4v) is 2.84. The van der Waals surface area contributed by atoms with E-state index in [2.05, 4.69) is 0 Å². The van der Waals surface area contributed by atoms with Gasteiger partial charge in [-0.1, -0.05) is 11.6 Å². The maximum absolute atomic E-state index is 12.3. The lowest BCUT2D eigenvalue weighted by molar-refractivity contribution is 0.0474. The van der Waals surface area contributed by atoms with Crippen LogP contribution < -0.4 is 18.9 Å². The van der Waals surface area contributed by atoms with E-state index in [0.717, 1.165) is 0 Å². The molecule has 142 valence electrons. The molecule has 0 fully saturated rings. The Hall–Kier alpha value is -2.93. The smallest absolute Gasteiger partial charge is 0.338 e.